The number of nitrogens with one attached hydrogen (secondary N) is 2. The second-order valence-electron chi connectivity index (χ2n) is 4.86. The van der Waals surface area contributed by atoms with Crippen molar-refractivity contribution in [2.75, 3.05) is 6.54 Å². The molecule has 0 aromatic carbocycles. The minimum atomic E-state index is -3.44. The highest BCUT2D eigenvalue weighted by atomic mass is 32.2. The summed E-state index contributed by atoms with van der Waals surface area (Å²) in [6.07, 6.45) is 1.55. The molecule has 110 valence electrons. The second-order valence-corrected chi connectivity index (χ2v) is 7.51. The van der Waals surface area contributed by atoms with Gasteiger partial charge in [0.25, 0.3) is 0 Å². The molecule has 4 nitrogen and oxygen atoms in total. The molecule has 0 aliphatic heterocycles. The first-order valence-corrected chi connectivity index (χ1v) is 9.06. The zero-order valence-corrected chi connectivity index (χ0v) is 13.7. The van der Waals surface area contributed by atoms with Gasteiger partial charge in [0.15, 0.2) is 0 Å². The Morgan fingerprint density at radius 1 is 1.26 bits per heavy atom. The van der Waals surface area contributed by atoms with Crippen LogP contribution in [-0.2, 0) is 16.6 Å². The Hall–Kier alpha value is -0.430. The summed E-state index contributed by atoms with van der Waals surface area (Å²) < 4.78 is 27.8. The van der Waals surface area contributed by atoms with E-state index in [9.17, 15) is 8.42 Å². The maximum Gasteiger partial charge on any atom is 0.242 e. The molecule has 0 aliphatic rings. The van der Waals surface area contributed by atoms with E-state index in [0.717, 1.165) is 24.3 Å². The lowest BCUT2D eigenvalue weighted by Gasteiger charge is -2.27. The van der Waals surface area contributed by atoms with Gasteiger partial charge in [0.05, 0.1) is 4.90 Å². The van der Waals surface area contributed by atoms with E-state index >= 15 is 0 Å². The minimum Gasteiger partial charge on any atom is -0.312 e. The molecule has 2 N–H and O–H groups in total. The Kier molecular flexibility index (Phi) is 5.98. The fraction of sp³-hybridized carbons (Fsp3) is 0.692. The van der Waals surface area contributed by atoms with Crippen LogP contribution in [0.15, 0.2) is 16.3 Å². The molecule has 19 heavy (non-hydrogen) atoms. The van der Waals surface area contributed by atoms with Crippen LogP contribution in [0.2, 0.25) is 0 Å². The third kappa shape index (κ3) is 4.27. The Morgan fingerprint density at radius 3 is 2.42 bits per heavy atom. The molecular formula is C13H24N2O2S2. The highest BCUT2D eigenvalue weighted by Gasteiger charge is 2.29. The van der Waals surface area contributed by atoms with Crippen molar-refractivity contribution in [1.29, 1.82) is 0 Å². The van der Waals surface area contributed by atoms with Crippen molar-refractivity contribution in [3.8, 4) is 0 Å². The molecule has 0 aliphatic carbocycles. The maximum absolute atomic E-state index is 12.5. The van der Waals surface area contributed by atoms with Gasteiger partial charge in [-0.1, -0.05) is 20.8 Å². The van der Waals surface area contributed by atoms with E-state index in [-0.39, 0.29) is 5.54 Å². The van der Waals surface area contributed by atoms with Gasteiger partial charge < -0.3 is 5.32 Å². The fourth-order valence-corrected chi connectivity index (χ4v) is 4.67. The summed E-state index contributed by atoms with van der Waals surface area (Å²) in [7, 11) is -3.44. The molecule has 0 amide bonds. The van der Waals surface area contributed by atoms with Crippen molar-refractivity contribution >= 4 is 21.4 Å². The van der Waals surface area contributed by atoms with E-state index in [0.29, 0.717) is 11.4 Å². The van der Waals surface area contributed by atoms with E-state index in [1.807, 2.05) is 33.1 Å². The van der Waals surface area contributed by atoms with Gasteiger partial charge in [-0.05, 0) is 37.8 Å². The molecule has 0 unspecified atom stereocenters. The van der Waals surface area contributed by atoms with Crippen molar-refractivity contribution in [2.24, 2.45) is 0 Å². The predicted octanol–water partition coefficient (Wildman–Crippen LogP) is 2.71. The molecular weight excluding hydrogens is 280 g/mol. The summed E-state index contributed by atoms with van der Waals surface area (Å²) in [5.41, 5.74) is -0.379. The van der Waals surface area contributed by atoms with Crippen molar-refractivity contribution in [1.82, 2.24) is 10.0 Å². The van der Waals surface area contributed by atoms with Crippen LogP contribution in [0.4, 0.5) is 0 Å². The van der Waals surface area contributed by atoms with Gasteiger partial charge in [-0.15, -0.1) is 11.3 Å². The van der Waals surface area contributed by atoms with Crippen molar-refractivity contribution < 1.29 is 8.42 Å². The molecule has 0 saturated heterocycles. The maximum atomic E-state index is 12.5. The SMILES string of the molecule is CCNCc1sccc1S(=O)(=O)NC(C)(CC)CC. The minimum absolute atomic E-state index is 0.379. The second kappa shape index (κ2) is 6.83. The van der Waals surface area contributed by atoms with E-state index in [1.54, 1.807) is 6.07 Å². The third-order valence-electron chi connectivity index (χ3n) is 3.47. The summed E-state index contributed by atoms with van der Waals surface area (Å²) in [5.74, 6) is 0. The van der Waals surface area contributed by atoms with Crippen LogP contribution in [-0.4, -0.2) is 20.5 Å². The highest BCUT2D eigenvalue weighted by Crippen LogP contribution is 2.25. The summed E-state index contributed by atoms with van der Waals surface area (Å²) in [6, 6.07) is 1.69. The number of rotatable bonds is 8. The summed E-state index contributed by atoms with van der Waals surface area (Å²) in [5, 5.41) is 5.00. The topological polar surface area (TPSA) is 58.2 Å². The Balaban J connectivity index is 2.97. The number of thiophene rings is 1. The van der Waals surface area contributed by atoms with Gasteiger partial charge in [-0.3, -0.25) is 0 Å². The van der Waals surface area contributed by atoms with Crippen LogP contribution >= 0.6 is 11.3 Å². The molecule has 1 aromatic heterocycles. The Morgan fingerprint density at radius 2 is 1.89 bits per heavy atom. The van der Waals surface area contributed by atoms with Crippen molar-refractivity contribution in [2.45, 2.75) is 57.5 Å². The quantitative estimate of drug-likeness (QED) is 0.776. The van der Waals surface area contributed by atoms with Gasteiger partial charge in [-0.2, -0.15) is 0 Å². The lowest BCUT2D eigenvalue weighted by Crippen LogP contribution is -2.44. The van der Waals surface area contributed by atoms with Crippen LogP contribution < -0.4 is 10.0 Å². The lowest BCUT2D eigenvalue weighted by atomic mass is 9.98. The fourth-order valence-electron chi connectivity index (χ4n) is 1.71. The van der Waals surface area contributed by atoms with Crippen LogP contribution in [0.3, 0.4) is 0 Å². The molecule has 1 heterocycles. The van der Waals surface area contributed by atoms with Crippen molar-refractivity contribution in [3.05, 3.63) is 16.3 Å². The summed E-state index contributed by atoms with van der Waals surface area (Å²) in [6.45, 7) is 9.37. The summed E-state index contributed by atoms with van der Waals surface area (Å²) in [4.78, 5) is 1.27. The molecule has 0 atom stereocenters. The first-order valence-electron chi connectivity index (χ1n) is 6.69. The molecule has 6 heteroatoms. The van der Waals surface area contributed by atoms with Gasteiger partial charge in [0, 0.05) is 17.0 Å². The van der Waals surface area contributed by atoms with Gasteiger partial charge >= 0.3 is 0 Å². The van der Waals surface area contributed by atoms with E-state index in [2.05, 4.69) is 10.0 Å². The monoisotopic (exact) mass is 304 g/mol. The molecule has 0 spiro atoms. The molecule has 1 rings (SSSR count). The zero-order chi connectivity index (χ0) is 14.5. The molecule has 0 bridgehead atoms. The molecule has 1 aromatic rings. The summed E-state index contributed by atoms with van der Waals surface area (Å²) >= 11 is 1.48. The first kappa shape index (κ1) is 16.6. The predicted molar refractivity (Wildman–Crippen MR) is 81.0 cm³/mol. The van der Waals surface area contributed by atoms with Crippen LogP contribution in [0.5, 0.6) is 0 Å². The lowest BCUT2D eigenvalue weighted by molar-refractivity contribution is 0.388. The Labute approximate surface area is 120 Å². The number of hydrogen-bond acceptors (Lipinski definition) is 4. The first-order chi connectivity index (χ1) is 8.88. The van der Waals surface area contributed by atoms with Crippen LogP contribution in [0, 0.1) is 0 Å². The average Bonchev–Trinajstić information content (AvgIpc) is 2.85. The van der Waals surface area contributed by atoms with Crippen LogP contribution in [0.1, 0.15) is 45.4 Å². The zero-order valence-electron chi connectivity index (χ0n) is 12.1. The number of hydrogen-bond donors (Lipinski definition) is 2. The van der Waals surface area contributed by atoms with E-state index in [1.165, 1.54) is 11.3 Å². The highest BCUT2D eigenvalue weighted by molar-refractivity contribution is 7.89. The third-order valence-corrected chi connectivity index (χ3v) is 6.24. The molecule has 0 radical (unpaired) electrons. The normalized spacial score (nSPS) is 12.8. The number of sulfonamides is 1. The van der Waals surface area contributed by atoms with Gasteiger partial charge in [0.2, 0.25) is 10.0 Å². The largest absolute Gasteiger partial charge is 0.312 e. The molecule has 0 saturated carbocycles. The van der Waals surface area contributed by atoms with Gasteiger partial charge in [-0.25, -0.2) is 13.1 Å². The Bertz CT molecular complexity index is 490. The average molecular weight is 304 g/mol. The standard InChI is InChI=1S/C13H24N2O2S2/c1-5-13(4,6-2)15-19(16,17)12-8-9-18-11(12)10-14-7-3/h8-9,14-15H,5-7,10H2,1-4H3. The van der Waals surface area contributed by atoms with E-state index < -0.39 is 10.0 Å². The van der Waals surface area contributed by atoms with E-state index in [4.69, 9.17) is 0 Å². The van der Waals surface area contributed by atoms with Crippen molar-refractivity contribution in [3.63, 3.8) is 0 Å². The van der Waals surface area contributed by atoms with Crippen LogP contribution in [0.25, 0.3) is 0 Å². The molecule has 0 fully saturated rings. The van der Waals surface area contributed by atoms with Gasteiger partial charge in [0.1, 0.15) is 0 Å². The smallest absolute Gasteiger partial charge is 0.242 e.